The van der Waals surface area contributed by atoms with E-state index in [9.17, 15) is 4.79 Å². The molecule has 16 heavy (non-hydrogen) atoms. The van der Waals surface area contributed by atoms with E-state index in [4.69, 9.17) is 10.8 Å². The zero-order valence-electron chi connectivity index (χ0n) is 8.20. The van der Waals surface area contributed by atoms with Gasteiger partial charge in [-0.2, -0.15) is 0 Å². The maximum absolute atomic E-state index is 10.7. The van der Waals surface area contributed by atoms with Crippen LogP contribution in [0.3, 0.4) is 0 Å². The van der Waals surface area contributed by atoms with Crippen LogP contribution in [0.4, 0.5) is 0 Å². The third-order valence-electron chi connectivity index (χ3n) is 1.99. The van der Waals surface area contributed by atoms with Gasteiger partial charge in [-0.25, -0.2) is 9.97 Å². The number of nitrogens with zero attached hydrogens (tertiary/aromatic N) is 2. The van der Waals surface area contributed by atoms with E-state index in [1.54, 1.807) is 6.07 Å². The number of hydrogen-bond donors (Lipinski definition) is 2. The Morgan fingerprint density at radius 3 is 2.94 bits per heavy atom. The molecule has 0 amide bonds. The van der Waals surface area contributed by atoms with Crippen molar-refractivity contribution in [3.05, 3.63) is 35.6 Å². The van der Waals surface area contributed by atoms with Crippen LogP contribution in [-0.2, 0) is 4.79 Å². The Balaban J connectivity index is 2.37. The van der Waals surface area contributed by atoms with Gasteiger partial charge in [0.05, 0.1) is 10.6 Å². The highest BCUT2D eigenvalue weighted by molar-refractivity contribution is 7.13. The second-order valence-corrected chi connectivity index (χ2v) is 4.04. The van der Waals surface area contributed by atoms with E-state index in [-0.39, 0.29) is 5.82 Å². The average Bonchev–Trinajstić information content (AvgIpc) is 2.81. The standard InChI is InChI=1S/C10H9N3O2S/c11-8(10(14)15)9-12-4-3-6(13-9)7-2-1-5-16-7/h1-5,8H,11H2,(H,14,15). The Labute approximate surface area is 95.6 Å². The Morgan fingerprint density at radius 2 is 2.31 bits per heavy atom. The molecule has 3 N–H and O–H groups in total. The summed E-state index contributed by atoms with van der Waals surface area (Å²) in [6.45, 7) is 0. The van der Waals surface area contributed by atoms with Crippen molar-refractivity contribution in [1.29, 1.82) is 0 Å². The summed E-state index contributed by atoms with van der Waals surface area (Å²) < 4.78 is 0. The van der Waals surface area contributed by atoms with Crippen molar-refractivity contribution in [3.8, 4) is 10.6 Å². The fourth-order valence-electron chi connectivity index (χ4n) is 1.20. The highest BCUT2D eigenvalue weighted by Gasteiger charge is 2.17. The molecule has 2 rings (SSSR count). The lowest BCUT2D eigenvalue weighted by Gasteiger charge is -2.05. The van der Waals surface area contributed by atoms with Gasteiger partial charge in [-0.05, 0) is 17.5 Å². The fraction of sp³-hybridized carbons (Fsp3) is 0.100. The minimum absolute atomic E-state index is 0.124. The van der Waals surface area contributed by atoms with Gasteiger partial charge in [0, 0.05) is 6.20 Å². The van der Waals surface area contributed by atoms with E-state index in [0.29, 0.717) is 5.69 Å². The quantitative estimate of drug-likeness (QED) is 0.836. The highest BCUT2D eigenvalue weighted by atomic mass is 32.1. The molecule has 1 atom stereocenters. The van der Waals surface area contributed by atoms with Crippen LogP contribution in [0, 0.1) is 0 Å². The first kappa shape index (κ1) is 10.7. The van der Waals surface area contributed by atoms with Crippen LogP contribution in [-0.4, -0.2) is 21.0 Å². The smallest absolute Gasteiger partial charge is 0.328 e. The summed E-state index contributed by atoms with van der Waals surface area (Å²) in [5, 5.41) is 10.7. The van der Waals surface area contributed by atoms with E-state index in [1.165, 1.54) is 17.5 Å². The monoisotopic (exact) mass is 235 g/mol. The van der Waals surface area contributed by atoms with Crippen molar-refractivity contribution in [2.75, 3.05) is 0 Å². The van der Waals surface area contributed by atoms with Crippen molar-refractivity contribution in [1.82, 2.24) is 9.97 Å². The number of carboxylic acid groups (broad SMARTS) is 1. The molecule has 2 heterocycles. The largest absolute Gasteiger partial charge is 0.480 e. The molecule has 0 radical (unpaired) electrons. The first-order chi connectivity index (χ1) is 7.68. The molecule has 0 aromatic carbocycles. The van der Waals surface area contributed by atoms with Gasteiger partial charge in [-0.3, -0.25) is 4.79 Å². The summed E-state index contributed by atoms with van der Waals surface area (Å²) in [4.78, 5) is 19.6. The van der Waals surface area contributed by atoms with Crippen molar-refractivity contribution >= 4 is 17.3 Å². The lowest BCUT2D eigenvalue weighted by molar-refractivity contribution is -0.138. The second kappa shape index (κ2) is 4.38. The topological polar surface area (TPSA) is 89.1 Å². The second-order valence-electron chi connectivity index (χ2n) is 3.09. The van der Waals surface area contributed by atoms with E-state index in [2.05, 4.69) is 9.97 Å². The van der Waals surface area contributed by atoms with Gasteiger partial charge in [-0.15, -0.1) is 11.3 Å². The normalized spacial score (nSPS) is 12.3. The van der Waals surface area contributed by atoms with Gasteiger partial charge < -0.3 is 10.8 Å². The first-order valence-corrected chi connectivity index (χ1v) is 5.41. The molecule has 0 aliphatic rings. The first-order valence-electron chi connectivity index (χ1n) is 4.53. The molecule has 82 valence electrons. The summed E-state index contributed by atoms with van der Waals surface area (Å²) in [6.07, 6.45) is 1.51. The van der Waals surface area contributed by atoms with Gasteiger partial charge in [0.15, 0.2) is 11.9 Å². The van der Waals surface area contributed by atoms with Crippen molar-refractivity contribution < 1.29 is 9.90 Å². The van der Waals surface area contributed by atoms with Gasteiger partial charge in [0.2, 0.25) is 0 Å². The van der Waals surface area contributed by atoms with E-state index < -0.39 is 12.0 Å². The van der Waals surface area contributed by atoms with Crippen LogP contribution < -0.4 is 5.73 Å². The number of aliphatic carboxylic acids is 1. The predicted octanol–water partition coefficient (Wildman–Crippen LogP) is 1.29. The molecule has 0 bridgehead atoms. The third-order valence-corrected chi connectivity index (χ3v) is 2.88. The van der Waals surface area contributed by atoms with Crippen LogP contribution in [0.1, 0.15) is 11.9 Å². The summed E-state index contributed by atoms with van der Waals surface area (Å²) in [6, 6.07) is 4.35. The summed E-state index contributed by atoms with van der Waals surface area (Å²) >= 11 is 1.53. The third kappa shape index (κ3) is 2.07. The molecule has 2 aromatic rings. The van der Waals surface area contributed by atoms with Crippen molar-refractivity contribution in [3.63, 3.8) is 0 Å². The Kier molecular flexibility index (Phi) is 2.93. The van der Waals surface area contributed by atoms with Crippen molar-refractivity contribution in [2.24, 2.45) is 5.73 Å². The number of nitrogens with two attached hydrogens (primary N) is 1. The average molecular weight is 235 g/mol. The molecule has 0 saturated heterocycles. The maximum Gasteiger partial charge on any atom is 0.328 e. The lowest BCUT2D eigenvalue weighted by Crippen LogP contribution is -2.23. The molecule has 1 unspecified atom stereocenters. The van der Waals surface area contributed by atoms with Crippen molar-refractivity contribution in [2.45, 2.75) is 6.04 Å². The Bertz CT molecular complexity index is 499. The predicted molar refractivity (Wildman–Crippen MR) is 59.9 cm³/mol. The van der Waals surface area contributed by atoms with E-state index in [1.807, 2.05) is 17.5 Å². The zero-order chi connectivity index (χ0) is 11.5. The molecule has 6 heteroatoms. The Hall–Kier alpha value is -1.79. The molecule has 0 aliphatic heterocycles. The summed E-state index contributed by atoms with van der Waals surface area (Å²) in [5.74, 6) is -1.01. The maximum atomic E-state index is 10.7. The fourth-order valence-corrected chi connectivity index (χ4v) is 1.89. The van der Waals surface area contributed by atoms with Gasteiger partial charge in [0.1, 0.15) is 0 Å². The van der Waals surface area contributed by atoms with E-state index in [0.717, 1.165) is 4.88 Å². The highest BCUT2D eigenvalue weighted by Crippen LogP contribution is 2.22. The van der Waals surface area contributed by atoms with Crippen LogP contribution in [0.5, 0.6) is 0 Å². The molecular formula is C10H9N3O2S. The zero-order valence-corrected chi connectivity index (χ0v) is 9.02. The van der Waals surface area contributed by atoms with Crippen LogP contribution >= 0.6 is 11.3 Å². The number of hydrogen-bond acceptors (Lipinski definition) is 5. The number of carboxylic acids is 1. The molecule has 2 aromatic heterocycles. The number of aromatic nitrogens is 2. The minimum Gasteiger partial charge on any atom is -0.480 e. The Morgan fingerprint density at radius 1 is 1.50 bits per heavy atom. The number of rotatable bonds is 3. The minimum atomic E-state index is -1.18. The molecule has 5 nitrogen and oxygen atoms in total. The SMILES string of the molecule is NC(C(=O)O)c1nccc(-c2cccs2)n1. The molecule has 0 fully saturated rings. The van der Waals surface area contributed by atoms with Crippen LogP contribution in [0.2, 0.25) is 0 Å². The molecular weight excluding hydrogens is 226 g/mol. The van der Waals surface area contributed by atoms with Gasteiger partial charge in [-0.1, -0.05) is 6.07 Å². The van der Waals surface area contributed by atoms with Crippen LogP contribution in [0.15, 0.2) is 29.8 Å². The summed E-state index contributed by atoms with van der Waals surface area (Å²) in [5.41, 5.74) is 6.13. The number of thiophene rings is 1. The summed E-state index contributed by atoms with van der Waals surface area (Å²) in [7, 11) is 0. The number of carbonyl (C=O) groups is 1. The van der Waals surface area contributed by atoms with Crippen LogP contribution in [0.25, 0.3) is 10.6 Å². The molecule has 0 spiro atoms. The molecule has 0 saturated carbocycles. The lowest BCUT2D eigenvalue weighted by atomic mass is 10.2. The van der Waals surface area contributed by atoms with Gasteiger partial charge in [0.25, 0.3) is 0 Å². The van der Waals surface area contributed by atoms with E-state index >= 15 is 0 Å². The van der Waals surface area contributed by atoms with Gasteiger partial charge >= 0.3 is 5.97 Å². The molecule has 0 aliphatic carbocycles.